The van der Waals surface area contributed by atoms with Crippen LogP contribution in [0.3, 0.4) is 0 Å². The van der Waals surface area contributed by atoms with Crippen LogP contribution in [0.2, 0.25) is 5.02 Å². The molecule has 1 N–H and O–H groups in total. The molecule has 1 atom stereocenters. The third-order valence-electron chi connectivity index (χ3n) is 3.84. The summed E-state index contributed by atoms with van der Waals surface area (Å²) in [6, 6.07) is 17.0. The Morgan fingerprint density at radius 3 is 2.50 bits per heavy atom. The lowest BCUT2D eigenvalue weighted by Crippen LogP contribution is -2.30. The van der Waals surface area contributed by atoms with Crippen molar-refractivity contribution in [3.8, 4) is 0 Å². The standard InChI is InChI=1S/C20H15ClFNO3/c1-12(26-20(25)18-16(21)7-4-8-17(18)22)19(24)23-15-10-9-13-5-2-3-6-14(13)11-15/h2-12H,1H3,(H,23,24)/t12-/m0/s1. The van der Waals surface area contributed by atoms with Crippen molar-refractivity contribution in [3.63, 3.8) is 0 Å². The summed E-state index contributed by atoms with van der Waals surface area (Å²) in [4.78, 5) is 24.4. The second-order valence-electron chi connectivity index (χ2n) is 5.70. The van der Waals surface area contributed by atoms with Crippen molar-refractivity contribution in [1.82, 2.24) is 0 Å². The van der Waals surface area contributed by atoms with Crippen LogP contribution in [0.15, 0.2) is 60.7 Å². The molecule has 3 rings (SSSR count). The summed E-state index contributed by atoms with van der Waals surface area (Å²) < 4.78 is 18.8. The molecule has 0 heterocycles. The first-order valence-corrected chi connectivity index (χ1v) is 8.28. The van der Waals surface area contributed by atoms with E-state index in [4.69, 9.17) is 16.3 Å². The lowest BCUT2D eigenvalue weighted by Gasteiger charge is -2.14. The predicted molar refractivity (Wildman–Crippen MR) is 98.9 cm³/mol. The van der Waals surface area contributed by atoms with Gasteiger partial charge < -0.3 is 10.1 Å². The molecule has 0 bridgehead atoms. The van der Waals surface area contributed by atoms with Crippen molar-refractivity contribution in [1.29, 1.82) is 0 Å². The third-order valence-corrected chi connectivity index (χ3v) is 4.15. The SMILES string of the molecule is C[C@H](OC(=O)c1c(F)cccc1Cl)C(=O)Nc1ccc2ccccc2c1. The molecule has 0 saturated carbocycles. The van der Waals surface area contributed by atoms with Gasteiger partial charge in [0.25, 0.3) is 5.91 Å². The minimum atomic E-state index is -1.12. The summed E-state index contributed by atoms with van der Waals surface area (Å²) in [7, 11) is 0. The van der Waals surface area contributed by atoms with Crippen LogP contribution in [-0.2, 0) is 9.53 Å². The van der Waals surface area contributed by atoms with E-state index < -0.39 is 23.8 Å². The van der Waals surface area contributed by atoms with E-state index in [9.17, 15) is 14.0 Å². The number of esters is 1. The fourth-order valence-corrected chi connectivity index (χ4v) is 2.72. The second kappa shape index (κ2) is 7.54. The van der Waals surface area contributed by atoms with Crippen LogP contribution in [0.5, 0.6) is 0 Å². The van der Waals surface area contributed by atoms with Crippen molar-refractivity contribution in [2.24, 2.45) is 0 Å². The van der Waals surface area contributed by atoms with Gasteiger partial charge in [-0.15, -0.1) is 0 Å². The maximum atomic E-state index is 13.8. The molecule has 4 nitrogen and oxygen atoms in total. The number of hydrogen-bond acceptors (Lipinski definition) is 3. The Balaban J connectivity index is 1.70. The molecular formula is C20H15ClFNO3. The minimum Gasteiger partial charge on any atom is -0.449 e. The summed E-state index contributed by atoms with van der Waals surface area (Å²) in [5.74, 6) is -2.32. The average Bonchev–Trinajstić information content (AvgIpc) is 2.61. The number of carbonyl (C=O) groups excluding carboxylic acids is 2. The molecule has 132 valence electrons. The van der Waals surface area contributed by atoms with Crippen LogP contribution in [0.4, 0.5) is 10.1 Å². The zero-order chi connectivity index (χ0) is 18.7. The van der Waals surface area contributed by atoms with Crippen LogP contribution in [0.1, 0.15) is 17.3 Å². The van der Waals surface area contributed by atoms with Crippen molar-refractivity contribution < 1.29 is 18.7 Å². The second-order valence-corrected chi connectivity index (χ2v) is 6.10. The summed E-state index contributed by atoms with van der Waals surface area (Å²) in [5.41, 5.74) is 0.181. The zero-order valence-electron chi connectivity index (χ0n) is 13.8. The molecule has 3 aromatic carbocycles. The van der Waals surface area contributed by atoms with Gasteiger partial charge in [-0.1, -0.05) is 48.0 Å². The Morgan fingerprint density at radius 2 is 1.77 bits per heavy atom. The van der Waals surface area contributed by atoms with Gasteiger partial charge in [0.2, 0.25) is 0 Å². The van der Waals surface area contributed by atoms with E-state index in [1.165, 1.54) is 19.1 Å². The van der Waals surface area contributed by atoms with Gasteiger partial charge in [-0.2, -0.15) is 0 Å². The number of nitrogens with one attached hydrogen (secondary N) is 1. The highest BCUT2D eigenvalue weighted by Gasteiger charge is 2.23. The number of hydrogen-bond donors (Lipinski definition) is 1. The number of ether oxygens (including phenoxy) is 1. The molecule has 0 aliphatic rings. The van der Waals surface area contributed by atoms with Gasteiger partial charge in [0.05, 0.1) is 5.02 Å². The molecule has 0 radical (unpaired) electrons. The van der Waals surface area contributed by atoms with E-state index in [-0.39, 0.29) is 10.6 Å². The van der Waals surface area contributed by atoms with Crippen molar-refractivity contribution in [2.45, 2.75) is 13.0 Å². The van der Waals surface area contributed by atoms with E-state index in [1.54, 1.807) is 6.07 Å². The normalized spacial score (nSPS) is 11.8. The number of amides is 1. The maximum absolute atomic E-state index is 13.8. The maximum Gasteiger partial charge on any atom is 0.343 e. The van der Waals surface area contributed by atoms with E-state index in [1.807, 2.05) is 36.4 Å². The lowest BCUT2D eigenvalue weighted by atomic mass is 10.1. The Morgan fingerprint density at radius 1 is 1.04 bits per heavy atom. The molecule has 0 saturated heterocycles. The summed E-state index contributed by atoms with van der Waals surface area (Å²) in [6.45, 7) is 1.41. The molecule has 0 aliphatic carbocycles. The topological polar surface area (TPSA) is 55.4 Å². The van der Waals surface area contributed by atoms with Crippen molar-refractivity contribution in [3.05, 3.63) is 77.1 Å². The molecule has 1 amide bonds. The number of anilines is 1. The summed E-state index contributed by atoms with van der Waals surface area (Å²) >= 11 is 5.83. The highest BCUT2D eigenvalue weighted by molar-refractivity contribution is 6.33. The lowest BCUT2D eigenvalue weighted by molar-refractivity contribution is -0.123. The molecular weight excluding hydrogens is 357 g/mol. The van der Waals surface area contributed by atoms with Crippen LogP contribution in [0, 0.1) is 5.82 Å². The Bertz CT molecular complexity index is 969. The number of rotatable bonds is 4. The van der Waals surface area contributed by atoms with Crippen LogP contribution >= 0.6 is 11.6 Å². The van der Waals surface area contributed by atoms with E-state index in [2.05, 4.69) is 5.32 Å². The molecule has 3 aromatic rings. The first-order chi connectivity index (χ1) is 12.5. The summed E-state index contributed by atoms with van der Waals surface area (Å²) in [6.07, 6.45) is -1.12. The largest absolute Gasteiger partial charge is 0.449 e. The van der Waals surface area contributed by atoms with Crippen molar-refractivity contribution in [2.75, 3.05) is 5.32 Å². The van der Waals surface area contributed by atoms with Crippen LogP contribution < -0.4 is 5.32 Å². The molecule has 6 heteroatoms. The summed E-state index contributed by atoms with van der Waals surface area (Å²) in [5, 5.41) is 4.61. The number of halogens is 2. The molecule has 0 fully saturated rings. The Labute approximate surface area is 154 Å². The fraction of sp³-hybridized carbons (Fsp3) is 0.100. The smallest absolute Gasteiger partial charge is 0.343 e. The van der Waals surface area contributed by atoms with Gasteiger partial charge in [-0.3, -0.25) is 4.79 Å². The first-order valence-electron chi connectivity index (χ1n) is 7.90. The van der Waals surface area contributed by atoms with Gasteiger partial charge in [0, 0.05) is 5.69 Å². The number of fused-ring (bicyclic) bond motifs is 1. The molecule has 0 aromatic heterocycles. The third kappa shape index (κ3) is 3.83. The monoisotopic (exact) mass is 371 g/mol. The Hall–Kier alpha value is -2.92. The molecule has 0 unspecified atom stereocenters. The Kier molecular flexibility index (Phi) is 5.19. The van der Waals surface area contributed by atoms with Crippen LogP contribution in [-0.4, -0.2) is 18.0 Å². The van der Waals surface area contributed by atoms with Gasteiger partial charge in [-0.25, -0.2) is 9.18 Å². The van der Waals surface area contributed by atoms with Crippen molar-refractivity contribution >= 4 is 39.9 Å². The first kappa shape index (κ1) is 17.9. The van der Waals surface area contributed by atoms with Gasteiger partial charge >= 0.3 is 5.97 Å². The predicted octanol–water partition coefficient (Wildman–Crippen LogP) is 4.82. The quantitative estimate of drug-likeness (QED) is 0.669. The highest BCUT2D eigenvalue weighted by Crippen LogP contribution is 2.21. The molecule has 26 heavy (non-hydrogen) atoms. The zero-order valence-corrected chi connectivity index (χ0v) is 14.6. The van der Waals surface area contributed by atoms with E-state index in [0.29, 0.717) is 5.69 Å². The molecule has 0 aliphatic heterocycles. The molecule has 0 spiro atoms. The van der Waals surface area contributed by atoms with Gasteiger partial charge in [0.15, 0.2) is 6.10 Å². The number of carbonyl (C=O) groups is 2. The van der Waals surface area contributed by atoms with E-state index >= 15 is 0 Å². The minimum absolute atomic E-state index is 0.0721. The van der Waals surface area contributed by atoms with Crippen LogP contribution in [0.25, 0.3) is 10.8 Å². The average molecular weight is 372 g/mol. The highest BCUT2D eigenvalue weighted by atomic mass is 35.5. The van der Waals surface area contributed by atoms with Gasteiger partial charge in [0.1, 0.15) is 11.4 Å². The number of benzene rings is 3. The van der Waals surface area contributed by atoms with Gasteiger partial charge in [-0.05, 0) is 42.0 Å². The van der Waals surface area contributed by atoms with E-state index in [0.717, 1.165) is 16.8 Å². The fourth-order valence-electron chi connectivity index (χ4n) is 2.48.